The minimum Gasteiger partial charge on any atom is -0.489 e. The zero-order valence-electron chi connectivity index (χ0n) is 16.1. The Morgan fingerprint density at radius 2 is 2.04 bits per heavy atom. The second-order valence-electron chi connectivity index (χ2n) is 5.99. The van der Waals surface area contributed by atoms with Gasteiger partial charge in [-0.15, -0.1) is 24.0 Å². The van der Waals surface area contributed by atoms with Gasteiger partial charge < -0.3 is 15.0 Å². The van der Waals surface area contributed by atoms with E-state index in [1.807, 2.05) is 38.1 Å². The Morgan fingerprint density at radius 3 is 2.70 bits per heavy atom. The SMILES string of the molecule is CCNC(=NCCc1ccc(C)nc1)N(C)CCOc1ccccc1F.I. The molecular formula is C20H28FIN4O. The van der Waals surface area contributed by atoms with Crippen molar-refractivity contribution < 1.29 is 9.13 Å². The standard InChI is InChI=1S/C20H27FN4O.HI/c1-4-22-20(23-12-11-17-10-9-16(2)24-15-17)25(3)13-14-26-19-8-6-5-7-18(19)21;/h5-10,15H,4,11-14H2,1-3H3,(H,22,23);1H. The van der Waals surface area contributed by atoms with Crippen LogP contribution in [0.1, 0.15) is 18.2 Å². The maximum atomic E-state index is 13.6. The second kappa shape index (κ2) is 12.5. The van der Waals surface area contributed by atoms with E-state index in [0.717, 1.165) is 24.6 Å². The molecule has 2 aromatic rings. The fourth-order valence-corrected chi connectivity index (χ4v) is 2.37. The third-order valence-electron chi connectivity index (χ3n) is 3.85. The van der Waals surface area contributed by atoms with E-state index in [0.29, 0.717) is 19.7 Å². The molecule has 0 saturated carbocycles. The van der Waals surface area contributed by atoms with Crippen molar-refractivity contribution in [1.82, 2.24) is 15.2 Å². The highest BCUT2D eigenvalue weighted by Gasteiger charge is 2.07. The smallest absolute Gasteiger partial charge is 0.193 e. The summed E-state index contributed by atoms with van der Waals surface area (Å²) >= 11 is 0. The number of ether oxygens (including phenoxy) is 1. The summed E-state index contributed by atoms with van der Waals surface area (Å²) in [7, 11) is 1.94. The number of aliphatic imine (C=N–C) groups is 1. The first-order valence-electron chi connectivity index (χ1n) is 8.88. The number of pyridine rings is 1. The number of aryl methyl sites for hydroxylation is 1. The van der Waals surface area contributed by atoms with E-state index in [9.17, 15) is 4.39 Å². The third-order valence-corrected chi connectivity index (χ3v) is 3.85. The normalized spacial score (nSPS) is 10.9. The molecule has 0 spiro atoms. The van der Waals surface area contributed by atoms with Crippen molar-refractivity contribution in [3.05, 3.63) is 59.7 Å². The first-order valence-corrected chi connectivity index (χ1v) is 8.88. The highest BCUT2D eigenvalue weighted by atomic mass is 127. The lowest BCUT2D eigenvalue weighted by Gasteiger charge is -2.22. The molecule has 0 atom stereocenters. The maximum Gasteiger partial charge on any atom is 0.193 e. The van der Waals surface area contributed by atoms with Crippen LogP contribution in [0, 0.1) is 12.7 Å². The number of rotatable bonds is 8. The summed E-state index contributed by atoms with van der Waals surface area (Å²) in [5, 5.41) is 3.27. The fourth-order valence-electron chi connectivity index (χ4n) is 2.37. The van der Waals surface area contributed by atoms with Gasteiger partial charge in [0.25, 0.3) is 0 Å². The van der Waals surface area contributed by atoms with Gasteiger partial charge in [-0.1, -0.05) is 18.2 Å². The Labute approximate surface area is 178 Å². The molecule has 2 rings (SSSR count). The molecule has 0 aliphatic carbocycles. The van der Waals surface area contributed by atoms with Crippen LogP contribution in [0.3, 0.4) is 0 Å². The lowest BCUT2D eigenvalue weighted by molar-refractivity contribution is 0.270. The lowest BCUT2D eigenvalue weighted by atomic mass is 10.2. The molecule has 1 aromatic carbocycles. The average Bonchev–Trinajstić information content (AvgIpc) is 2.64. The van der Waals surface area contributed by atoms with Crippen LogP contribution in [0.25, 0.3) is 0 Å². The van der Waals surface area contributed by atoms with Gasteiger partial charge in [0.05, 0.1) is 6.54 Å². The minimum atomic E-state index is -0.345. The van der Waals surface area contributed by atoms with Crippen molar-refractivity contribution in [2.24, 2.45) is 4.99 Å². The van der Waals surface area contributed by atoms with Gasteiger partial charge >= 0.3 is 0 Å². The van der Waals surface area contributed by atoms with E-state index in [-0.39, 0.29) is 35.5 Å². The number of guanidine groups is 1. The van der Waals surface area contributed by atoms with Crippen LogP contribution in [-0.2, 0) is 6.42 Å². The van der Waals surface area contributed by atoms with E-state index < -0.39 is 0 Å². The number of aromatic nitrogens is 1. The molecule has 1 N–H and O–H groups in total. The van der Waals surface area contributed by atoms with Crippen molar-refractivity contribution in [2.75, 3.05) is 33.3 Å². The highest BCUT2D eigenvalue weighted by molar-refractivity contribution is 14.0. The van der Waals surface area contributed by atoms with Crippen LogP contribution in [0.4, 0.5) is 4.39 Å². The third kappa shape index (κ3) is 8.11. The van der Waals surface area contributed by atoms with Gasteiger partial charge in [-0.25, -0.2) is 4.39 Å². The summed E-state index contributed by atoms with van der Waals surface area (Å²) in [6, 6.07) is 10.5. The van der Waals surface area contributed by atoms with Gasteiger partial charge in [-0.2, -0.15) is 0 Å². The van der Waals surface area contributed by atoms with E-state index in [4.69, 9.17) is 4.74 Å². The van der Waals surface area contributed by atoms with E-state index in [1.54, 1.807) is 18.2 Å². The van der Waals surface area contributed by atoms with E-state index in [2.05, 4.69) is 21.4 Å². The molecule has 0 bridgehead atoms. The van der Waals surface area contributed by atoms with E-state index >= 15 is 0 Å². The van der Waals surface area contributed by atoms with Crippen molar-refractivity contribution in [2.45, 2.75) is 20.3 Å². The molecule has 0 fully saturated rings. The number of halogens is 2. The molecule has 1 heterocycles. The number of benzene rings is 1. The zero-order valence-corrected chi connectivity index (χ0v) is 18.4. The second-order valence-corrected chi connectivity index (χ2v) is 5.99. The molecule has 7 heteroatoms. The van der Waals surface area contributed by atoms with Gasteiger partial charge in [0.1, 0.15) is 6.61 Å². The molecule has 148 valence electrons. The van der Waals surface area contributed by atoms with Crippen LogP contribution in [-0.4, -0.2) is 49.1 Å². The number of nitrogens with zero attached hydrogens (tertiary/aromatic N) is 3. The fraction of sp³-hybridized carbons (Fsp3) is 0.400. The Morgan fingerprint density at radius 1 is 1.26 bits per heavy atom. The van der Waals surface area contributed by atoms with Crippen molar-refractivity contribution in [3.63, 3.8) is 0 Å². The minimum absolute atomic E-state index is 0. The molecule has 0 aliphatic rings. The Kier molecular flexibility index (Phi) is 10.7. The van der Waals surface area contributed by atoms with Crippen LogP contribution < -0.4 is 10.1 Å². The van der Waals surface area contributed by atoms with Crippen LogP contribution in [0.5, 0.6) is 5.75 Å². The number of hydrogen-bond acceptors (Lipinski definition) is 3. The maximum absolute atomic E-state index is 13.6. The van der Waals surface area contributed by atoms with Gasteiger partial charge in [0.2, 0.25) is 0 Å². The van der Waals surface area contributed by atoms with Crippen LogP contribution >= 0.6 is 24.0 Å². The molecule has 0 amide bonds. The summed E-state index contributed by atoms with van der Waals surface area (Å²) in [5.41, 5.74) is 2.18. The predicted molar refractivity (Wildman–Crippen MR) is 119 cm³/mol. The summed E-state index contributed by atoms with van der Waals surface area (Å²) < 4.78 is 19.1. The summed E-state index contributed by atoms with van der Waals surface area (Å²) in [6.45, 7) is 6.44. The van der Waals surface area contributed by atoms with Crippen molar-refractivity contribution in [1.29, 1.82) is 0 Å². The molecule has 1 aromatic heterocycles. The average molecular weight is 486 g/mol. The van der Waals surface area contributed by atoms with Gasteiger partial charge in [-0.05, 0) is 44.0 Å². The number of para-hydroxylation sites is 1. The van der Waals surface area contributed by atoms with Gasteiger partial charge in [-0.3, -0.25) is 9.98 Å². The van der Waals surface area contributed by atoms with Gasteiger partial charge in [0.15, 0.2) is 17.5 Å². The largest absolute Gasteiger partial charge is 0.489 e. The number of likely N-dealkylation sites (N-methyl/N-ethyl adjacent to an activating group) is 1. The Hall–Kier alpha value is -1.90. The lowest BCUT2D eigenvalue weighted by Crippen LogP contribution is -2.41. The van der Waals surface area contributed by atoms with Crippen LogP contribution in [0.15, 0.2) is 47.6 Å². The predicted octanol–water partition coefficient (Wildman–Crippen LogP) is 3.67. The first kappa shape index (κ1) is 23.1. The molecule has 5 nitrogen and oxygen atoms in total. The monoisotopic (exact) mass is 486 g/mol. The zero-order chi connectivity index (χ0) is 18.8. The van der Waals surface area contributed by atoms with Crippen molar-refractivity contribution in [3.8, 4) is 5.75 Å². The number of nitrogens with one attached hydrogen (secondary N) is 1. The molecule has 0 saturated heterocycles. The first-order chi connectivity index (χ1) is 12.6. The van der Waals surface area contributed by atoms with Crippen molar-refractivity contribution >= 4 is 29.9 Å². The summed E-state index contributed by atoms with van der Waals surface area (Å²) in [6.07, 6.45) is 2.73. The quantitative estimate of drug-likeness (QED) is 0.352. The molecule has 0 unspecified atom stereocenters. The molecule has 0 aliphatic heterocycles. The Balaban J connectivity index is 0.00000364. The molecular weight excluding hydrogens is 458 g/mol. The Bertz CT molecular complexity index is 709. The van der Waals surface area contributed by atoms with E-state index in [1.165, 1.54) is 11.6 Å². The molecule has 0 radical (unpaired) electrons. The highest BCUT2D eigenvalue weighted by Crippen LogP contribution is 2.14. The summed E-state index contributed by atoms with van der Waals surface area (Å²) in [5.74, 6) is 0.738. The topological polar surface area (TPSA) is 49.8 Å². The number of hydrogen-bond donors (Lipinski definition) is 1. The summed E-state index contributed by atoms with van der Waals surface area (Å²) in [4.78, 5) is 10.9. The van der Waals surface area contributed by atoms with Crippen LogP contribution in [0.2, 0.25) is 0 Å². The van der Waals surface area contributed by atoms with Gasteiger partial charge in [0, 0.05) is 32.0 Å². The molecule has 27 heavy (non-hydrogen) atoms.